The number of nitrogens with zero attached hydrogens (tertiary/aromatic N) is 2. The summed E-state index contributed by atoms with van der Waals surface area (Å²) in [6, 6.07) is 22.1. The van der Waals surface area contributed by atoms with Crippen LogP contribution in [0.5, 0.6) is 0 Å². The van der Waals surface area contributed by atoms with Crippen LogP contribution in [0, 0.1) is 6.92 Å². The molecule has 1 aromatic heterocycles. The topological polar surface area (TPSA) is 63.3 Å². The SMILES string of the molecule is Cc1ccc(NC(N)=NCc2cccc(-c3ccccn3)c2)cc1.I. The van der Waals surface area contributed by atoms with Crippen molar-refractivity contribution in [1.82, 2.24) is 4.98 Å². The molecule has 0 fully saturated rings. The first-order chi connectivity index (χ1) is 11.7. The Kier molecular flexibility index (Phi) is 6.94. The molecule has 0 bridgehead atoms. The fraction of sp³-hybridized carbons (Fsp3) is 0.100. The second kappa shape index (κ2) is 9.17. The Morgan fingerprint density at radius 3 is 2.56 bits per heavy atom. The molecule has 0 spiro atoms. The highest BCUT2D eigenvalue weighted by molar-refractivity contribution is 14.0. The summed E-state index contributed by atoms with van der Waals surface area (Å²) in [6.07, 6.45) is 1.80. The summed E-state index contributed by atoms with van der Waals surface area (Å²) in [5.74, 6) is 0.405. The van der Waals surface area contributed by atoms with E-state index >= 15 is 0 Å². The van der Waals surface area contributed by atoms with Crippen LogP contribution in [-0.2, 0) is 6.54 Å². The van der Waals surface area contributed by atoms with Gasteiger partial charge >= 0.3 is 0 Å². The van der Waals surface area contributed by atoms with E-state index in [1.807, 2.05) is 60.7 Å². The van der Waals surface area contributed by atoms with E-state index in [2.05, 4.69) is 28.3 Å². The summed E-state index contributed by atoms with van der Waals surface area (Å²) < 4.78 is 0. The van der Waals surface area contributed by atoms with Crippen LogP contribution >= 0.6 is 24.0 Å². The lowest BCUT2D eigenvalue weighted by Crippen LogP contribution is -2.22. The number of nitrogens with two attached hydrogens (primary N) is 1. The monoisotopic (exact) mass is 444 g/mol. The Balaban J connectivity index is 0.00000225. The highest BCUT2D eigenvalue weighted by Crippen LogP contribution is 2.18. The third-order valence-corrected chi connectivity index (χ3v) is 3.64. The van der Waals surface area contributed by atoms with Crippen molar-refractivity contribution < 1.29 is 0 Å². The van der Waals surface area contributed by atoms with E-state index in [0.717, 1.165) is 22.5 Å². The molecule has 0 amide bonds. The number of anilines is 1. The first-order valence-electron chi connectivity index (χ1n) is 7.85. The standard InChI is InChI=1S/C20H20N4.HI/c1-15-8-10-18(11-9-15)24-20(21)23-14-16-5-4-6-17(13-16)19-7-2-3-12-22-19;/h2-13H,14H2,1H3,(H3,21,23,24);1H. The van der Waals surface area contributed by atoms with E-state index < -0.39 is 0 Å². The van der Waals surface area contributed by atoms with Crippen molar-refractivity contribution >= 4 is 35.6 Å². The number of aryl methyl sites for hydroxylation is 1. The van der Waals surface area contributed by atoms with Crippen molar-refractivity contribution in [3.8, 4) is 11.3 Å². The summed E-state index contributed by atoms with van der Waals surface area (Å²) in [4.78, 5) is 8.79. The number of rotatable bonds is 4. The highest BCUT2D eigenvalue weighted by atomic mass is 127. The molecule has 0 saturated heterocycles. The number of aliphatic imine (C=N–C) groups is 1. The Labute approximate surface area is 165 Å². The Morgan fingerprint density at radius 2 is 1.84 bits per heavy atom. The fourth-order valence-electron chi connectivity index (χ4n) is 2.36. The van der Waals surface area contributed by atoms with Crippen LogP contribution in [0.3, 0.4) is 0 Å². The molecule has 1 heterocycles. The summed E-state index contributed by atoms with van der Waals surface area (Å²) >= 11 is 0. The van der Waals surface area contributed by atoms with E-state index in [-0.39, 0.29) is 24.0 Å². The predicted molar refractivity (Wildman–Crippen MR) is 115 cm³/mol. The molecule has 2 aromatic carbocycles. The van der Waals surface area contributed by atoms with Crippen molar-refractivity contribution in [2.75, 3.05) is 5.32 Å². The summed E-state index contributed by atoms with van der Waals surface area (Å²) in [5.41, 5.74) is 11.2. The minimum atomic E-state index is 0. The maximum absolute atomic E-state index is 5.97. The lowest BCUT2D eigenvalue weighted by molar-refractivity contribution is 1.06. The maximum atomic E-state index is 5.97. The van der Waals surface area contributed by atoms with Crippen molar-refractivity contribution in [3.63, 3.8) is 0 Å². The van der Waals surface area contributed by atoms with Crippen LogP contribution in [0.1, 0.15) is 11.1 Å². The lowest BCUT2D eigenvalue weighted by Gasteiger charge is -2.07. The van der Waals surface area contributed by atoms with Gasteiger partial charge < -0.3 is 11.1 Å². The zero-order valence-corrected chi connectivity index (χ0v) is 16.3. The van der Waals surface area contributed by atoms with Gasteiger partial charge in [0, 0.05) is 17.4 Å². The second-order valence-corrected chi connectivity index (χ2v) is 5.61. The number of aromatic nitrogens is 1. The lowest BCUT2D eigenvalue weighted by atomic mass is 10.1. The van der Waals surface area contributed by atoms with Gasteiger partial charge in [-0.2, -0.15) is 0 Å². The predicted octanol–water partition coefficient (Wildman–Crippen LogP) is 4.60. The van der Waals surface area contributed by atoms with E-state index in [1.54, 1.807) is 6.20 Å². The molecule has 0 unspecified atom stereocenters. The highest BCUT2D eigenvalue weighted by Gasteiger charge is 2.00. The van der Waals surface area contributed by atoms with E-state index in [0.29, 0.717) is 12.5 Å². The number of nitrogens with one attached hydrogen (secondary N) is 1. The zero-order chi connectivity index (χ0) is 16.8. The average Bonchev–Trinajstić information content (AvgIpc) is 2.63. The van der Waals surface area contributed by atoms with Gasteiger partial charge in [-0.1, -0.05) is 42.0 Å². The summed E-state index contributed by atoms with van der Waals surface area (Å²) in [5, 5.41) is 3.10. The number of benzene rings is 2. The van der Waals surface area contributed by atoms with Crippen LogP contribution in [0.2, 0.25) is 0 Å². The molecule has 0 aliphatic carbocycles. The van der Waals surface area contributed by atoms with E-state index in [9.17, 15) is 0 Å². The molecular formula is C20H21IN4. The van der Waals surface area contributed by atoms with Crippen LogP contribution in [-0.4, -0.2) is 10.9 Å². The molecule has 25 heavy (non-hydrogen) atoms. The first-order valence-corrected chi connectivity index (χ1v) is 7.85. The number of hydrogen-bond donors (Lipinski definition) is 2. The van der Waals surface area contributed by atoms with Gasteiger partial charge in [-0.05, 0) is 42.8 Å². The first kappa shape index (κ1) is 18.9. The summed E-state index contributed by atoms with van der Waals surface area (Å²) in [6.45, 7) is 2.57. The van der Waals surface area contributed by atoms with Gasteiger partial charge in [0.15, 0.2) is 5.96 Å². The van der Waals surface area contributed by atoms with Crippen LogP contribution in [0.25, 0.3) is 11.3 Å². The number of hydrogen-bond acceptors (Lipinski definition) is 2. The molecule has 5 heteroatoms. The van der Waals surface area contributed by atoms with Crippen molar-refractivity contribution in [3.05, 3.63) is 84.1 Å². The smallest absolute Gasteiger partial charge is 0.193 e. The quantitative estimate of drug-likeness (QED) is 0.351. The fourth-order valence-corrected chi connectivity index (χ4v) is 2.36. The van der Waals surface area contributed by atoms with Crippen LogP contribution in [0.15, 0.2) is 77.9 Å². The molecule has 0 radical (unpaired) electrons. The summed E-state index contributed by atoms with van der Waals surface area (Å²) in [7, 11) is 0. The van der Waals surface area contributed by atoms with Gasteiger partial charge in [-0.25, -0.2) is 4.99 Å². The number of guanidine groups is 1. The normalized spacial score (nSPS) is 10.8. The minimum absolute atomic E-state index is 0. The van der Waals surface area contributed by atoms with Crippen molar-refractivity contribution in [2.24, 2.45) is 10.7 Å². The molecule has 0 aliphatic rings. The molecule has 3 aromatic rings. The van der Waals surface area contributed by atoms with E-state index in [4.69, 9.17) is 5.73 Å². The Hall–Kier alpha value is -2.41. The molecule has 4 nitrogen and oxygen atoms in total. The molecule has 3 N–H and O–H groups in total. The molecule has 0 aliphatic heterocycles. The Bertz CT molecular complexity index is 830. The van der Waals surface area contributed by atoms with E-state index in [1.165, 1.54) is 5.56 Å². The Morgan fingerprint density at radius 1 is 1.04 bits per heavy atom. The van der Waals surface area contributed by atoms with Gasteiger partial charge in [0.2, 0.25) is 0 Å². The maximum Gasteiger partial charge on any atom is 0.193 e. The minimum Gasteiger partial charge on any atom is -0.370 e. The van der Waals surface area contributed by atoms with Gasteiger partial charge in [0.1, 0.15) is 0 Å². The third-order valence-electron chi connectivity index (χ3n) is 3.64. The van der Waals surface area contributed by atoms with Gasteiger partial charge in [0.05, 0.1) is 12.2 Å². The zero-order valence-electron chi connectivity index (χ0n) is 14.0. The van der Waals surface area contributed by atoms with Crippen molar-refractivity contribution in [1.29, 1.82) is 0 Å². The third kappa shape index (κ3) is 5.56. The average molecular weight is 444 g/mol. The molecule has 0 atom stereocenters. The van der Waals surface area contributed by atoms with Gasteiger partial charge in [-0.3, -0.25) is 4.98 Å². The number of halogens is 1. The second-order valence-electron chi connectivity index (χ2n) is 5.61. The number of pyridine rings is 1. The van der Waals surface area contributed by atoms with Gasteiger partial charge in [-0.15, -0.1) is 24.0 Å². The van der Waals surface area contributed by atoms with Gasteiger partial charge in [0.25, 0.3) is 0 Å². The van der Waals surface area contributed by atoms with Crippen molar-refractivity contribution in [2.45, 2.75) is 13.5 Å². The molecule has 3 rings (SSSR count). The molecule has 128 valence electrons. The van der Waals surface area contributed by atoms with Crippen LogP contribution in [0.4, 0.5) is 5.69 Å². The largest absolute Gasteiger partial charge is 0.370 e. The molecule has 0 saturated carbocycles. The van der Waals surface area contributed by atoms with Crippen LogP contribution < -0.4 is 11.1 Å². The molecular weight excluding hydrogens is 423 g/mol.